The molecule has 4 aromatic rings. The van der Waals surface area contributed by atoms with Gasteiger partial charge in [0.25, 0.3) is 5.91 Å². The highest BCUT2D eigenvalue weighted by atomic mass is 16.2. The molecule has 2 aromatic carbocycles. The zero-order chi connectivity index (χ0) is 17.0. The topological polar surface area (TPSA) is 64.8 Å². The minimum Gasteiger partial charge on any atom is -0.289 e. The number of hydrogen-bond donors (Lipinski definition) is 0. The van der Waals surface area contributed by atoms with Crippen molar-refractivity contribution in [2.75, 3.05) is 0 Å². The van der Waals surface area contributed by atoms with Gasteiger partial charge in [-0.05, 0) is 18.2 Å². The van der Waals surface area contributed by atoms with Crippen LogP contribution >= 0.6 is 0 Å². The number of carbonyl (C=O) groups excluding carboxylic acids is 2. The lowest BCUT2D eigenvalue weighted by Gasteiger charge is -2.13. The Morgan fingerprint density at radius 3 is 2.48 bits per heavy atom. The maximum atomic E-state index is 12.9. The van der Waals surface area contributed by atoms with Gasteiger partial charge >= 0.3 is 0 Å². The fourth-order valence-electron chi connectivity index (χ4n) is 3.35. The van der Waals surface area contributed by atoms with Gasteiger partial charge in [0.2, 0.25) is 0 Å². The van der Waals surface area contributed by atoms with E-state index >= 15 is 0 Å². The van der Waals surface area contributed by atoms with E-state index in [1.54, 1.807) is 36.5 Å². The lowest BCUT2D eigenvalue weighted by molar-refractivity contribution is 0.0949. The molecule has 0 fully saturated rings. The molecule has 5 rings (SSSR count). The number of hydrogen-bond acceptors (Lipinski definition) is 4. The van der Waals surface area contributed by atoms with Crippen LogP contribution < -0.4 is 0 Å². The number of rotatable bonds is 1. The number of ketones is 1. The molecule has 5 heteroatoms. The molecular formula is C20H11N3O2. The first-order valence-corrected chi connectivity index (χ1v) is 7.86. The summed E-state index contributed by atoms with van der Waals surface area (Å²) in [7, 11) is 0. The number of pyridine rings is 1. The van der Waals surface area contributed by atoms with Crippen molar-refractivity contribution >= 4 is 22.6 Å². The van der Waals surface area contributed by atoms with E-state index < -0.39 is 0 Å². The highest BCUT2D eigenvalue weighted by Crippen LogP contribution is 2.38. The summed E-state index contributed by atoms with van der Waals surface area (Å²) in [4.78, 5) is 29.7. The van der Waals surface area contributed by atoms with Crippen molar-refractivity contribution in [2.24, 2.45) is 0 Å². The molecule has 0 saturated heterocycles. The minimum atomic E-state index is -0.270. The summed E-state index contributed by atoms with van der Waals surface area (Å²) in [6, 6.07) is 16.1. The van der Waals surface area contributed by atoms with E-state index in [-0.39, 0.29) is 11.7 Å². The van der Waals surface area contributed by atoms with E-state index in [4.69, 9.17) is 0 Å². The van der Waals surface area contributed by atoms with Gasteiger partial charge in [0.1, 0.15) is 5.69 Å². The lowest BCUT2D eigenvalue weighted by atomic mass is 9.87. The molecule has 1 aliphatic carbocycles. The zero-order valence-corrected chi connectivity index (χ0v) is 13.0. The third kappa shape index (κ3) is 1.83. The standard InChI is InChI=1S/C20H11N3O2/c24-19-14-7-2-1-6-13(14)18-17-15(19)8-3-9-16(17)23(22-18)20(25)12-5-4-10-21-11-12/h1-11H. The second-order valence-electron chi connectivity index (χ2n) is 5.88. The molecule has 1 aliphatic rings. The van der Waals surface area contributed by atoms with Crippen LogP contribution in [0.15, 0.2) is 67.0 Å². The molecule has 0 bridgehead atoms. The average Bonchev–Trinajstić information content (AvgIpc) is 3.07. The third-order valence-corrected chi connectivity index (χ3v) is 4.48. The monoisotopic (exact) mass is 325 g/mol. The Balaban J connectivity index is 1.84. The smallest absolute Gasteiger partial charge is 0.280 e. The Hall–Kier alpha value is -3.60. The van der Waals surface area contributed by atoms with Crippen LogP contribution in [0.5, 0.6) is 0 Å². The largest absolute Gasteiger partial charge is 0.289 e. The van der Waals surface area contributed by atoms with Crippen molar-refractivity contribution in [1.29, 1.82) is 0 Å². The van der Waals surface area contributed by atoms with E-state index in [0.29, 0.717) is 27.9 Å². The van der Waals surface area contributed by atoms with E-state index in [9.17, 15) is 9.59 Å². The molecule has 0 unspecified atom stereocenters. The van der Waals surface area contributed by atoms with E-state index in [1.807, 2.05) is 24.3 Å². The van der Waals surface area contributed by atoms with Crippen molar-refractivity contribution in [3.8, 4) is 11.3 Å². The predicted octanol–water partition coefficient (Wildman–Crippen LogP) is 3.33. The van der Waals surface area contributed by atoms with Gasteiger partial charge in [-0.2, -0.15) is 9.78 Å². The Morgan fingerprint density at radius 2 is 1.68 bits per heavy atom. The Kier molecular flexibility index (Phi) is 2.73. The van der Waals surface area contributed by atoms with Gasteiger partial charge in [0, 0.05) is 34.5 Å². The number of fused-ring (bicyclic) bond motifs is 2. The Morgan fingerprint density at radius 1 is 0.880 bits per heavy atom. The number of nitrogens with zero attached hydrogens (tertiary/aromatic N) is 3. The Bertz CT molecular complexity index is 1180. The van der Waals surface area contributed by atoms with Crippen molar-refractivity contribution in [2.45, 2.75) is 0 Å². The van der Waals surface area contributed by atoms with Crippen molar-refractivity contribution in [1.82, 2.24) is 14.8 Å². The summed E-state index contributed by atoms with van der Waals surface area (Å²) in [6.45, 7) is 0. The second kappa shape index (κ2) is 4.95. The molecule has 2 heterocycles. The van der Waals surface area contributed by atoms with Crippen LogP contribution in [-0.2, 0) is 0 Å². The maximum Gasteiger partial charge on any atom is 0.280 e. The van der Waals surface area contributed by atoms with Crippen molar-refractivity contribution < 1.29 is 9.59 Å². The zero-order valence-electron chi connectivity index (χ0n) is 13.0. The van der Waals surface area contributed by atoms with Gasteiger partial charge in [-0.3, -0.25) is 14.6 Å². The number of benzene rings is 2. The first-order chi connectivity index (χ1) is 12.3. The van der Waals surface area contributed by atoms with Crippen LogP contribution in [0.1, 0.15) is 26.3 Å². The van der Waals surface area contributed by atoms with Crippen LogP contribution in [0.4, 0.5) is 0 Å². The van der Waals surface area contributed by atoms with Crippen LogP contribution in [0.2, 0.25) is 0 Å². The Labute approximate surface area is 142 Å². The molecule has 25 heavy (non-hydrogen) atoms. The van der Waals surface area contributed by atoms with Crippen LogP contribution in [0, 0.1) is 0 Å². The van der Waals surface area contributed by atoms with E-state index in [1.165, 1.54) is 10.9 Å². The first-order valence-electron chi connectivity index (χ1n) is 7.86. The van der Waals surface area contributed by atoms with Crippen LogP contribution in [0.25, 0.3) is 22.2 Å². The van der Waals surface area contributed by atoms with Gasteiger partial charge in [0.05, 0.1) is 11.1 Å². The van der Waals surface area contributed by atoms with Crippen molar-refractivity contribution in [3.05, 3.63) is 83.7 Å². The van der Waals surface area contributed by atoms with Crippen LogP contribution in [0.3, 0.4) is 0 Å². The van der Waals surface area contributed by atoms with E-state index in [0.717, 1.165) is 10.9 Å². The lowest BCUT2D eigenvalue weighted by Crippen LogP contribution is -2.13. The third-order valence-electron chi connectivity index (χ3n) is 4.48. The molecular weight excluding hydrogens is 314 g/mol. The average molecular weight is 325 g/mol. The molecule has 0 atom stereocenters. The van der Waals surface area contributed by atoms with Gasteiger partial charge in [-0.15, -0.1) is 0 Å². The summed E-state index contributed by atoms with van der Waals surface area (Å²) < 4.78 is 1.36. The summed E-state index contributed by atoms with van der Waals surface area (Å²) >= 11 is 0. The molecule has 0 aliphatic heterocycles. The molecule has 2 aromatic heterocycles. The summed E-state index contributed by atoms with van der Waals surface area (Å²) in [5, 5.41) is 5.28. The van der Waals surface area contributed by atoms with Gasteiger partial charge < -0.3 is 0 Å². The first kappa shape index (κ1) is 13.8. The SMILES string of the molecule is O=C1c2ccccc2-c2nn(C(=O)c3cccnc3)c3cccc1c23. The maximum absolute atomic E-state index is 12.9. The van der Waals surface area contributed by atoms with Crippen LogP contribution in [-0.4, -0.2) is 26.5 Å². The second-order valence-corrected chi connectivity index (χ2v) is 5.88. The number of carbonyl (C=O) groups is 2. The highest BCUT2D eigenvalue weighted by molar-refractivity contribution is 6.25. The normalized spacial score (nSPS) is 12.2. The highest BCUT2D eigenvalue weighted by Gasteiger charge is 2.29. The summed E-state index contributed by atoms with van der Waals surface area (Å²) in [5.41, 5.74) is 3.69. The molecule has 0 radical (unpaired) electrons. The molecule has 118 valence electrons. The quantitative estimate of drug-likeness (QED) is 0.474. The molecule has 0 amide bonds. The van der Waals surface area contributed by atoms with Gasteiger partial charge in [0.15, 0.2) is 5.78 Å². The molecule has 0 saturated carbocycles. The molecule has 0 N–H and O–H groups in total. The molecule has 0 spiro atoms. The molecule has 5 nitrogen and oxygen atoms in total. The fourth-order valence-corrected chi connectivity index (χ4v) is 3.35. The summed E-state index contributed by atoms with van der Waals surface area (Å²) in [6.07, 6.45) is 3.13. The fraction of sp³-hybridized carbons (Fsp3) is 0. The van der Waals surface area contributed by atoms with E-state index in [2.05, 4.69) is 10.1 Å². The minimum absolute atomic E-state index is 0.0397. The number of aromatic nitrogens is 3. The van der Waals surface area contributed by atoms with Gasteiger partial charge in [-0.1, -0.05) is 36.4 Å². The van der Waals surface area contributed by atoms with Crippen molar-refractivity contribution in [3.63, 3.8) is 0 Å². The predicted molar refractivity (Wildman–Crippen MR) is 92.6 cm³/mol. The summed E-state index contributed by atoms with van der Waals surface area (Å²) in [5.74, 6) is -0.310. The van der Waals surface area contributed by atoms with Gasteiger partial charge in [-0.25, -0.2) is 0 Å².